The number of likely N-dealkylation sites (tertiary alicyclic amines) is 1. The van der Waals surface area contributed by atoms with Crippen molar-refractivity contribution < 1.29 is 8.78 Å². The molecule has 0 radical (unpaired) electrons. The van der Waals surface area contributed by atoms with E-state index in [0.29, 0.717) is 18.2 Å². The molecule has 2 fully saturated rings. The molecule has 104 valence electrons. The lowest BCUT2D eigenvalue weighted by Crippen LogP contribution is -2.43. The molecule has 0 spiro atoms. The minimum atomic E-state index is -0.755. The normalized spacial score (nSPS) is 28.6. The first kappa shape index (κ1) is 13.0. The van der Waals surface area contributed by atoms with E-state index in [4.69, 9.17) is 5.73 Å². The van der Waals surface area contributed by atoms with Gasteiger partial charge in [-0.15, -0.1) is 0 Å². The van der Waals surface area contributed by atoms with Crippen molar-refractivity contribution in [3.05, 3.63) is 35.4 Å². The van der Waals surface area contributed by atoms with Crippen molar-refractivity contribution in [1.82, 2.24) is 4.90 Å². The van der Waals surface area contributed by atoms with Gasteiger partial charge in [0.25, 0.3) is 0 Å². The molecule has 1 saturated carbocycles. The third-order valence-corrected chi connectivity index (χ3v) is 4.41. The molecule has 2 N–H and O–H groups in total. The Morgan fingerprint density at radius 2 is 2.00 bits per heavy atom. The van der Waals surface area contributed by atoms with E-state index in [1.807, 2.05) is 0 Å². The molecule has 0 amide bonds. The first-order chi connectivity index (χ1) is 9.22. The molecule has 2 atom stereocenters. The zero-order valence-electron chi connectivity index (χ0n) is 11.0. The van der Waals surface area contributed by atoms with Crippen molar-refractivity contribution in [2.75, 3.05) is 13.1 Å². The highest BCUT2D eigenvalue weighted by Crippen LogP contribution is 2.43. The summed E-state index contributed by atoms with van der Waals surface area (Å²) < 4.78 is 27.6. The van der Waals surface area contributed by atoms with E-state index in [-0.39, 0.29) is 12.0 Å². The van der Waals surface area contributed by atoms with Crippen LogP contribution in [-0.4, -0.2) is 24.0 Å². The van der Waals surface area contributed by atoms with Gasteiger partial charge in [0.1, 0.15) is 0 Å². The summed E-state index contributed by atoms with van der Waals surface area (Å²) in [6.45, 7) is 1.51. The smallest absolute Gasteiger partial charge is 0.163 e. The zero-order chi connectivity index (χ0) is 13.4. The van der Waals surface area contributed by atoms with Gasteiger partial charge < -0.3 is 5.73 Å². The zero-order valence-corrected chi connectivity index (χ0v) is 11.0. The maximum atomic E-state index is 14.1. The van der Waals surface area contributed by atoms with Gasteiger partial charge in [-0.1, -0.05) is 12.1 Å². The summed E-state index contributed by atoms with van der Waals surface area (Å²) in [6.07, 6.45) is 4.45. The Morgan fingerprint density at radius 1 is 1.21 bits per heavy atom. The number of hydrogen-bond acceptors (Lipinski definition) is 2. The second kappa shape index (κ2) is 5.17. The standard InChI is InChI=1S/C15H20F2N2/c16-13-5-1-4-12(14(13)17)15-10(9-18)3-2-8-19(15)11-6-7-11/h1,4-5,10-11,15H,2-3,6-9,18H2. The largest absolute Gasteiger partial charge is 0.330 e. The maximum Gasteiger partial charge on any atom is 0.163 e. The van der Waals surface area contributed by atoms with Gasteiger partial charge in [-0.25, -0.2) is 8.78 Å². The fourth-order valence-corrected chi connectivity index (χ4v) is 3.35. The summed E-state index contributed by atoms with van der Waals surface area (Å²) in [5, 5.41) is 0. The molecule has 1 aliphatic carbocycles. The molecular formula is C15H20F2N2. The van der Waals surface area contributed by atoms with Gasteiger partial charge in [0, 0.05) is 17.6 Å². The highest BCUT2D eigenvalue weighted by atomic mass is 19.2. The molecule has 1 saturated heterocycles. The van der Waals surface area contributed by atoms with E-state index in [0.717, 1.165) is 19.4 Å². The van der Waals surface area contributed by atoms with Gasteiger partial charge in [-0.05, 0) is 50.8 Å². The van der Waals surface area contributed by atoms with Crippen molar-refractivity contribution in [3.8, 4) is 0 Å². The molecule has 4 heteroatoms. The lowest BCUT2D eigenvalue weighted by Gasteiger charge is -2.41. The third kappa shape index (κ3) is 2.39. The second-order valence-electron chi connectivity index (χ2n) is 5.69. The van der Waals surface area contributed by atoms with Gasteiger partial charge in [0.2, 0.25) is 0 Å². The summed E-state index contributed by atoms with van der Waals surface area (Å²) in [5.41, 5.74) is 6.35. The lowest BCUT2D eigenvalue weighted by molar-refractivity contribution is 0.0848. The topological polar surface area (TPSA) is 29.3 Å². The molecular weight excluding hydrogens is 246 g/mol. The molecule has 1 aromatic carbocycles. The van der Waals surface area contributed by atoms with Crippen LogP contribution in [0.3, 0.4) is 0 Å². The van der Waals surface area contributed by atoms with E-state index in [1.165, 1.54) is 18.9 Å². The Morgan fingerprint density at radius 3 is 2.68 bits per heavy atom. The summed E-state index contributed by atoms with van der Waals surface area (Å²) >= 11 is 0. The molecule has 1 aliphatic heterocycles. The van der Waals surface area contributed by atoms with Crippen LogP contribution in [0.5, 0.6) is 0 Å². The second-order valence-corrected chi connectivity index (χ2v) is 5.69. The van der Waals surface area contributed by atoms with Crippen LogP contribution in [0, 0.1) is 17.6 Å². The number of nitrogens with zero attached hydrogens (tertiary/aromatic N) is 1. The average Bonchev–Trinajstić information content (AvgIpc) is 3.25. The van der Waals surface area contributed by atoms with Gasteiger partial charge in [-0.2, -0.15) is 0 Å². The summed E-state index contributed by atoms with van der Waals surface area (Å²) in [5.74, 6) is -1.22. The first-order valence-electron chi connectivity index (χ1n) is 7.12. The number of rotatable bonds is 3. The summed E-state index contributed by atoms with van der Waals surface area (Å²) in [6, 6.07) is 4.98. The quantitative estimate of drug-likeness (QED) is 0.911. The Kier molecular flexibility index (Phi) is 3.54. The Labute approximate surface area is 112 Å². The highest BCUT2D eigenvalue weighted by Gasteiger charge is 2.41. The van der Waals surface area contributed by atoms with E-state index in [2.05, 4.69) is 4.90 Å². The minimum absolute atomic E-state index is 0.0538. The van der Waals surface area contributed by atoms with E-state index >= 15 is 0 Å². The van der Waals surface area contributed by atoms with Crippen molar-refractivity contribution >= 4 is 0 Å². The van der Waals surface area contributed by atoms with Crippen LogP contribution in [0.2, 0.25) is 0 Å². The summed E-state index contributed by atoms with van der Waals surface area (Å²) in [7, 11) is 0. The number of benzene rings is 1. The van der Waals surface area contributed by atoms with Crippen LogP contribution >= 0.6 is 0 Å². The molecule has 2 unspecified atom stereocenters. The molecule has 2 nitrogen and oxygen atoms in total. The van der Waals surface area contributed by atoms with Crippen LogP contribution in [-0.2, 0) is 0 Å². The fourth-order valence-electron chi connectivity index (χ4n) is 3.35. The number of halogens is 2. The molecule has 19 heavy (non-hydrogen) atoms. The molecule has 2 aliphatic rings. The van der Waals surface area contributed by atoms with Crippen LogP contribution in [0.15, 0.2) is 18.2 Å². The maximum absolute atomic E-state index is 14.1. The van der Waals surface area contributed by atoms with Crippen molar-refractivity contribution in [2.45, 2.75) is 37.8 Å². The minimum Gasteiger partial charge on any atom is -0.330 e. The van der Waals surface area contributed by atoms with Crippen LogP contribution in [0.4, 0.5) is 8.78 Å². The van der Waals surface area contributed by atoms with Gasteiger partial charge in [-0.3, -0.25) is 4.90 Å². The van der Waals surface area contributed by atoms with Crippen molar-refractivity contribution in [3.63, 3.8) is 0 Å². The molecule has 3 rings (SSSR count). The predicted molar refractivity (Wildman–Crippen MR) is 70.6 cm³/mol. The molecule has 1 heterocycles. The highest BCUT2D eigenvalue weighted by molar-refractivity contribution is 5.24. The lowest BCUT2D eigenvalue weighted by atomic mass is 9.84. The van der Waals surface area contributed by atoms with Crippen molar-refractivity contribution in [1.29, 1.82) is 0 Å². The Balaban J connectivity index is 1.98. The summed E-state index contributed by atoms with van der Waals surface area (Å²) in [4.78, 5) is 2.35. The fraction of sp³-hybridized carbons (Fsp3) is 0.600. The van der Waals surface area contributed by atoms with Gasteiger partial charge in [0.15, 0.2) is 11.6 Å². The van der Waals surface area contributed by atoms with E-state index in [9.17, 15) is 8.78 Å². The van der Waals surface area contributed by atoms with E-state index in [1.54, 1.807) is 12.1 Å². The van der Waals surface area contributed by atoms with Crippen LogP contribution in [0.1, 0.15) is 37.3 Å². The molecule has 0 bridgehead atoms. The van der Waals surface area contributed by atoms with Crippen LogP contribution in [0.25, 0.3) is 0 Å². The van der Waals surface area contributed by atoms with Crippen molar-refractivity contribution in [2.24, 2.45) is 11.7 Å². The number of hydrogen-bond donors (Lipinski definition) is 1. The average molecular weight is 266 g/mol. The Hall–Kier alpha value is -1.00. The molecule has 0 aromatic heterocycles. The SMILES string of the molecule is NCC1CCCN(C2CC2)C1c1cccc(F)c1F. The van der Waals surface area contributed by atoms with Crippen LogP contribution < -0.4 is 5.73 Å². The molecule has 1 aromatic rings. The number of piperidine rings is 1. The Bertz CT molecular complexity index is 459. The first-order valence-corrected chi connectivity index (χ1v) is 7.12. The monoisotopic (exact) mass is 266 g/mol. The van der Waals surface area contributed by atoms with E-state index < -0.39 is 11.6 Å². The predicted octanol–water partition coefficient (Wildman–Crippen LogP) is 2.84. The van der Waals surface area contributed by atoms with Gasteiger partial charge >= 0.3 is 0 Å². The number of nitrogens with two attached hydrogens (primary N) is 1. The third-order valence-electron chi connectivity index (χ3n) is 4.41. The van der Waals surface area contributed by atoms with Gasteiger partial charge in [0.05, 0.1) is 0 Å².